The Hall–Kier alpha value is -3.38. The lowest BCUT2D eigenvalue weighted by molar-refractivity contribution is 0.103. The molecule has 152 valence electrons. The van der Waals surface area contributed by atoms with Gasteiger partial charge in [-0.2, -0.15) is 5.10 Å². The van der Waals surface area contributed by atoms with Gasteiger partial charge in [0.25, 0.3) is 5.91 Å². The maximum absolute atomic E-state index is 12.6. The molecule has 0 radical (unpaired) electrons. The molecule has 0 unspecified atom stereocenters. The van der Waals surface area contributed by atoms with Crippen LogP contribution in [0.15, 0.2) is 72.2 Å². The summed E-state index contributed by atoms with van der Waals surface area (Å²) >= 11 is 1.40. The van der Waals surface area contributed by atoms with Crippen LogP contribution in [0.1, 0.15) is 31.9 Å². The van der Waals surface area contributed by atoms with Crippen LogP contribution in [0.3, 0.4) is 0 Å². The Morgan fingerprint density at radius 3 is 2.67 bits per heavy atom. The second-order valence-corrected chi connectivity index (χ2v) is 8.17. The van der Waals surface area contributed by atoms with Crippen LogP contribution in [-0.4, -0.2) is 15.7 Å². The van der Waals surface area contributed by atoms with Crippen molar-refractivity contribution in [1.82, 2.24) is 9.78 Å². The van der Waals surface area contributed by atoms with Crippen molar-refractivity contribution < 1.29 is 9.53 Å². The van der Waals surface area contributed by atoms with Gasteiger partial charge in [0.1, 0.15) is 12.4 Å². The molecule has 0 spiro atoms. The maximum Gasteiger partial charge on any atom is 0.266 e. The van der Waals surface area contributed by atoms with Crippen LogP contribution in [0.5, 0.6) is 5.75 Å². The summed E-state index contributed by atoms with van der Waals surface area (Å²) in [7, 11) is 0. The van der Waals surface area contributed by atoms with E-state index in [9.17, 15) is 4.79 Å². The first kappa shape index (κ1) is 19.9. The lowest BCUT2D eigenvalue weighted by Gasteiger charge is -2.05. The van der Waals surface area contributed by atoms with Gasteiger partial charge in [-0.3, -0.25) is 9.48 Å². The lowest BCUT2D eigenvalue weighted by atomic mass is 10.1. The third-order valence-electron chi connectivity index (χ3n) is 4.62. The molecule has 0 aliphatic heterocycles. The molecule has 0 saturated heterocycles. The number of nitrogens with zero attached hydrogens (tertiary/aromatic N) is 2. The molecule has 0 fully saturated rings. The van der Waals surface area contributed by atoms with Crippen LogP contribution in [-0.2, 0) is 13.2 Å². The predicted octanol–water partition coefficient (Wildman–Crippen LogP) is 5.44. The van der Waals surface area contributed by atoms with Crippen molar-refractivity contribution in [3.63, 3.8) is 0 Å². The third kappa shape index (κ3) is 5.15. The molecule has 5 nitrogen and oxygen atoms in total. The number of benzene rings is 2. The molecule has 0 aliphatic rings. The molecule has 4 aromatic rings. The van der Waals surface area contributed by atoms with Crippen molar-refractivity contribution in [3.8, 4) is 5.75 Å². The minimum Gasteiger partial charge on any atom is -0.489 e. The van der Waals surface area contributed by atoms with Crippen molar-refractivity contribution in [2.75, 3.05) is 5.32 Å². The van der Waals surface area contributed by atoms with Crippen LogP contribution in [0, 0.1) is 13.8 Å². The van der Waals surface area contributed by atoms with Gasteiger partial charge in [0, 0.05) is 17.8 Å². The van der Waals surface area contributed by atoms with Crippen LogP contribution in [0.4, 0.5) is 5.82 Å². The number of carbonyl (C=O) groups excluding carboxylic acids is 1. The number of carbonyl (C=O) groups is 1. The van der Waals surface area contributed by atoms with Crippen LogP contribution in [0.2, 0.25) is 0 Å². The molecule has 0 saturated carbocycles. The summed E-state index contributed by atoms with van der Waals surface area (Å²) in [6.07, 6.45) is 1.87. The number of hydrogen-bond donors (Lipinski definition) is 1. The molecule has 0 aliphatic carbocycles. The van der Waals surface area contributed by atoms with E-state index in [0.29, 0.717) is 23.8 Å². The van der Waals surface area contributed by atoms with Gasteiger partial charge >= 0.3 is 0 Å². The average Bonchev–Trinajstić information content (AvgIpc) is 3.38. The van der Waals surface area contributed by atoms with E-state index in [2.05, 4.69) is 41.6 Å². The van der Waals surface area contributed by atoms with Gasteiger partial charge in [-0.25, -0.2) is 0 Å². The first-order valence-corrected chi connectivity index (χ1v) is 10.6. The van der Waals surface area contributed by atoms with E-state index in [0.717, 1.165) is 22.4 Å². The van der Waals surface area contributed by atoms with Crippen molar-refractivity contribution in [1.29, 1.82) is 0 Å². The van der Waals surface area contributed by atoms with E-state index < -0.39 is 0 Å². The number of aromatic nitrogens is 2. The van der Waals surface area contributed by atoms with Crippen molar-refractivity contribution >= 4 is 23.1 Å². The van der Waals surface area contributed by atoms with Crippen LogP contribution < -0.4 is 10.1 Å². The zero-order chi connectivity index (χ0) is 20.9. The van der Waals surface area contributed by atoms with Crippen LogP contribution >= 0.6 is 11.3 Å². The molecule has 1 N–H and O–H groups in total. The smallest absolute Gasteiger partial charge is 0.266 e. The summed E-state index contributed by atoms with van der Waals surface area (Å²) in [4.78, 5) is 13.2. The number of hydrogen-bond acceptors (Lipinski definition) is 4. The fourth-order valence-corrected chi connectivity index (χ4v) is 3.81. The molecule has 1 amide bonds. The topological polar surface area (TPSA) is 56.2 Å². The molecular formula is C24H23N3O2S. The summed E-state index contributed by atoms with van der Waals surface area (Å²) in [6, 6.07) is 19.9. The van der Waals surface area contributed by atoms with E-state index >= 15 is 0 Å². The van der Waals surface area contributed by atoms with Gasteiger partial charge in [0.2, 0.25) is 0 Å². The standard InChI is InChI=1S/C24H23N3O2S/c1-17-6-8-19(9-7-17)14-27-11-10-23(26-27)25-24(28)22-13-20(16-30-22)15-29-21-5-3-4-18(2)12-21/h3-13,16H,14-15H2,1-2H3,(H,25,26,28). The summed E-state index contributed by atoms with van der Waals surface area (Å²) in [6.45, 7) is 5.19. The van der Waals surface area contributed by atoms with Gasteiger partial charge < -0.3 is 10.1 Å². The van der Waals surface area contributed by atoms with Gasteiger partial charge in [-0.1, -0.05) is 42.0 Å². The molecule has 2 heterocycles. The SMILES string of the molecule is Cc1ccc(Cn2ccc(NC(=O)c3cc(COc4cccc(C)c4)cs3)n2)cc1. The van der Waals surface area contributed by atoms with Gasteiger partial charge in [-0.05, 0) is 48.6 Å². The van der Waals surface area contributed by atoms with Crippen molar-refractivity contribution in [2.24, 2.45) is 0 Å². The Kier molecular flexibility index (Phi) is 5.95. The molecule has 4 rings (SSSR count). The zero-order valence-electron chi connectivity index (χ0n) is 17.0. The van der Waals surface area contributed by atoms with E-state index in [1.54, 1.807) is 6.07 Å². The number of rotatable bonds is 7. The number of thiophene rings is 1. The Labute approximate surface area is 179 Å². The highest BCUT2D eigenvalue weighted by molar-refractivity contribution is 7.12. The first-order chi connectivity index (χ1) is 14.5. The molecule has 0 atom stereocenters. The number of ether oxygens (including phenoxy) is 1. The van der Waals surface area contributed by atoms with E-state index in [-0.39, 0.29) is 5.91 Å². The van der Waals surface area contributed by atoms with Gasteiger partial charge in [0.15, 0.2) is 5.82 Å². The van der Waals surface area contributed by atoms with Gasteiger partial charge in [0.05, 0.1) is 11.4 Å². The molecule has 2 aromatic carbocycles. The molecule has 6 heteroatoms. The Balaban J connectivity index is 1.33. The second kappa shape index (κ2) is 8.97. The molecule has 0 bridgehead atoms. The number of amides is 1. The Morgan fingerprint density at radius 1 is 1.03 bits per heavy atom. The zero-order valence-corrected chi connectivity index (χ0v) is 17.8. The molecule has 2 aromatic heterocycles. The fraction of sp³-hybridized carbons (Fsp3) is 0.167. The van der Waals surface area contributed by atoms with E-state index in [1.807, 2.05) is 53.5 Å². The predicted molar refractivity (Wildman–Crippen MR) is 120 cm³/mol. The summed E-state index contributed by atoms with van der Waals surface area (Å²) in [5, 5.41) is 9.26. The number of anilines is 1. The normalized spacial score (nSPS) is 10.7. The maximum atomic E-state index is 12.6. The van der Waals surface area contributed by atoms with E-state index in [4.69, 9.17) is 4.74 Å². The Bertz CT molecular complexity index is 1150. The Morgan fingerprint density at radius 2 is 1.87 bits per heavy atom. The van der Waals surface area contributed by atoms with E-state index in [1.165, 1.54) is 16.9 Å². The van der Waals surface area contributed by atoms with Crippen LogP contribution in [0.25, 0.3) is 0 Å². The molecule has 30 heavy (non-hydrogen) atoms. The highest BCUT2D eigenvalue weighted by Crippen LogP contribution is 2.20. The minimum absolute atomic E-state index is 0.164. The summed E-state index contributed by atoms with van der Waals surface area (Å²) < 4.78 is 7.63. The third-order valence-corrected chi connectivity index (χ3v) is 5.60. The highest BCUT2D eigenvalue weighted by atomic mass is 32.1. The first-order valence-electron chi connectivity index (χ1n) is 9.72. The highest BCUT2D eigenvalue weighted by Gasteiger charge is 2.12. The number of aryl methyl sites for hydroxylation is 2. The number of nitrogens with one attached hydrogen (secondary N) is 1. The second-order valence-electron chi connectivity index (χ2n) is 7.26. The van der Waals surface area contributed by atoms with Crippen molar-refractivity contribution in [3.05, 3.63) is 99.4 Å². The fourth-order valence-electron chi connectivity index (χ4n) is 3.02. The van der Waals surface area contributed by atoms with Gasteiger partial charge in [-0.15, -0.1) is 11.3 Å². The summed E-state index contributed by atoms with van der Waals surface area (Å²) in [5.74, 6) is 1.20. The lowest BCUT2D eigenvalue weighted by Crippen LogP contribution is -2.11. The average molecular weight is 418 g/mol. The minimum atomic E-state index is -0.164. The summed E-state index contributed by atoms with van der Waals surface area (Å²) in [5.41, 5.74) is 4.51. The largest absolute Gasteiger partial charge is 0.489 e. The quantitative estimate of drug-likeness (QED) is 0.436. The van der Waals surface area contributed by atoms with Crippen molar-refractivity contribution in [2.45, 2.75) is 27.0 Å². The monoisotopic (exact) mass is 417 g/mol. The molecular weight excluding hydrogens is 394 g/mol.